The monoisotopic (exact) mass is 309 g/mol. The van der Waals surface area contributed by atoms with Crippen LogP contribution in [0.5, 0.6) is 0 Å². The zero-order valence-corrected chi connectivity index (χ0v) is 12.7. The van der Waals surface area contributed by atoms with Crippen LogP contribution in [0.25, 0.3) is 11.6 Å². The maximum atomic E-state index is 2.31. The van der Waals surface area contributed by atoms with Gasteiger partial charge in [-0.05, 0) is 0 Å². The van der Waals surface area contributed by atoms with Gasteiger partial charge < -0.3 is 24.8 Å². The molecule has 1 atom stereocenters. The van der Waals surface area contributed by atoms with Gasteiger partial charge in [0.25, 0.3) is 0 Å². The molecule has 2 aromatic carbocycles. The summed E-state index contributed by atoms with van der Waals surface area (Å²) in [5.74, 6) is 0. The topological polar surface area (TPSA) is 0 Å². The molecule has 0 aromatic heterocycles. The van der Waals surface area contributed by atoms with Crippen molar-refractivity contribution in [3.63, 3.8) is 0 Å². The predicted octanol–water partition coefficient (Wildman–Crippen LogP) is -2.16. The van der Waals surface area contributed by atoms with Crippen molar-refractivity contribution in [1.82, 2.24) is 0 Å². The van der Waals surface area contributed by atoms with Crippen LogP contribution in [0.15, 0.2) is 54.6 Å². The van der Waals surface area contributed by atoms with Crippen LogP contribution in [0.1, 0.15) is 20.9 Å². The molecular formula is C15H11Cl2Ti. The zero-order chi connectivity index (χ0) is 11.0. The van der Waals surface area contributed by atoms with Crippen molar-refractivity contribution in [2.24, 2.45) is 0 Å². The van der Waals surface area contributed by atoms with Crippen LogP contribution in [0.4, 0.5) is 0 Å². The minimum absolute atomic E-state index is 0. The van der Waals surface area contributed by atoms with Gasteiger partial charge in [0.1, 0.15) is 0 Å². The molecule has 0 heterocycles. The molecule has 0 radical (unpaired) electrons. The van der Waals surface area contributed by atoms with E-state index in [9.17, 15) is 0 Å². The second-order valence-electron chi connectivity index (χ2n) is 4.03. The SMILES string of the molecule is [Cl-].[Cl-].[Ti+2][CH]1C(c2ccccc2)=Cc2ccccc21. The number of rotatable bonds is 1. The Morgan fingerprint density at radius 1 is 0.778 bits per heavy atom. The third-order valence-corrected chi connectivity index (χ3v) is 4.01. The van der Waals surface area contributed by atoms with E-state index in [0.29, 0.717) is 4.22 Å². The summed E-state index contributed by atoms with van der Waals surface area (Å²) in [6.07, 6.45) is 2.31. The van der Waals surface area contributed by atoms with E-state index in [2.05, 4.69) is 81.1 Å². The van der Waals surface area contributed by atoms with Crippen LogP contribution in [0.2, 0.25) is 0 Å². The van der Waals surface area contributed by atoms with Crippen molar-refractivity contribution in [3.05, 3.63) is 71.3 Å². The molecule has 1 aliphatic carbocycles. The molecule has 1 unspecified atom stereocenters. The Morgan fingerprint density at radius 3 is 2.06 bits per heavy atom. The van der Waals surface area contributed by atoms with Gasteiger partial charge in [-0.2, -0.15) is 0 Å². The summed E-state index contributed by atoms with van der Waals surface area (Å²) in [4.78, 5) is 0. The van der Waals surface area contributed by atoms with Crippen LogP contribution in [-0.2, 0) is 20.4 Å². The molecule has 2 aromatic rings. The average Bonchev–Trinajstić information content (AvgIpc) is 2.69. The van der Waals surface area contributed by atoms with Crippen molar-refractivity contribution in [2.45, 2.75) is 4.22 Å². The summed E-state index contributed by atoms with van der Waals surface area (Å²) in [7, 11) is 0. The summed E-state index contributed by atoms with van der Waals surface area (Å²) >= 11 is 2.28. The van der Waals surface area contributed by atoms with Gasteiger partial charge in [0.05, 0.1) is 0 Å². The van der Waals surface area contributed by atoms with Gasteiger partial charge in [0.15, 0.2) is 0 Å². The third kappa shape index (κ3) is 2.73. The molecule has 0 bridgehead atoms. The Labute approximate surface area is 132 Å². The van der Waals surface area contributed by atoms with E-state index in [4.69, 9.17) is 0 Å². The number of halogens is 2. The van der Waals surface area contributed by atoms with E-state index >= 15 is 0 Å². The standard InChI is InChI=1S/C15H11.2ClH.Ti/c1-2-6-12(7-3-1)15-10-13-8-4-5-9-14(13)11-15;;;/h1-11H;2*1H;/q;;;+2/p-2. The Kier molecular flexibility index (Phi) is 5.68. The summed E-state index contributed by atoms with van der Waals surface area (Å²) in [6.45, 7) is 0. The molecule has 3 rings (SSSR count). The molecule has 0 spiro atoms. The molecule has 0 saturated heterocycles. The Hall–Kier alpha value is -0.526. The van der Waals surface area contributed by atoms with Crippen LogP contribution in [0, 0.1) is 0 Å². The quantitative estimate of drug-likeness (QED) is 0.527. The fourth-order valence-electron chi connectivity index (χ4n) is 2.20. The fourth-order valence-corrected chi connectivity index (χ4v) is 3.01. The summed E-state index contributed by atoms with van der Waals surface area (Å²) in [6, 6.07) is 19.3. The van der Waals surface area contributed by atoms with E-state index in [-0.39, 0.29) is 24.8 Å². The van der Waals surface area contributed by atoms with E-state index in [1.165, 1.54) is 22.3 Å². The Morgan fingerprint density at radius 2 is 1.39 bits per heavy atom. The fraction of sp³-hybridized carbons (Fsp3) is 0.0667. The van der Waals surface area contributed by atoms with E-state index < -0.39 is 0 Å². The molecule has 0 N–H and O–H groups in total. The molecule has 1 aliphatic rings. The average molecular weight is 310 g/mol. The summed E-state index contributed by atoms with van der Waals surface area (Å²) < 4.78 is 0.513. The van der Waals surface area contributed by atoms with Gasteiger partial charge >= 0.3 is 108 Å². The van der Waals surface area contributed by atoms with Crippen molar-refractivity contribution in [3.8, 4) is 0 Å². The second kappa shape index (κ2) is 6.59. The van der Waals surface area contributed by atoms with E-state index in [0.717, 1.165) is 0 Å². The van der Waals surface area contributed by atoms with Crippen molar-refractivity contribution in [1.29, 1.82) is 0 Å². The Bertz CT molecular complexity index is 549. The number of benzene rings is 2. The van der Waals surface area contributed by atoms with Crippen LogP contribution < -0.4 is 24.8 Å². The number of hydrogen-bond acceptors (Lipinski definition) is 0. The minimum atomic E-state index is 0. The molecule has 0 saturated carbocycles. The first-order valence-electron chi connectivity index (χ1n) is 5.43. The van der Waals surface area contributed by atoms with Gasteiger partial charge in [-0.3, -0.25) is 0 Å². The van der Waals surface area contributed by atoms with E-state index in [1.54, 1.807) is 0 Å². The second-order valence-corrected chi connectivity index (χ2v) is 4.93. The van der Waals surface area contributed by atoms with Crippen molar-refractivity contribution < 1.29 is 45.2 Å². The predicted molar refractivity (Wildman–Crippen MR) is 63.5 cm³/mol. The first-order chi connectivity index (χ1) is 7.86. The van der Waals surface area contributed by atoms with Crippen LogP contribution in [-0.4, -0.2) is 0 Å². The third-order valence-electron chi connectivity index (χ3n) is 3.04. The van der Waals surface area contributed by atoms with Gasteiger partial charge in [-0.15, -0.1) is 0 Å². The molecular weight excluding hydrogens is 299 g/mol. The molecule has 0 aliphatic heterocycles. The summed E-state index contributed by atoms with van der Waals surface area (Å²) in [5.41, 5.74) is 5.59. The van der Waals surface area contributed by atoms with Gasteiger partial charge in [0.2, 0.25) is 0 Å². The Balaban J connectivity index is 0.000000810. The van der Waals surface area contributed by atoms with Crippen LogP contribution >= 0.6 is 0 Å². The van der Waals surface area contributed by atoms with Gasteiger partial charge in [0, 0.05) is 0 Å². The number of allylic oxidation sites excluding steroid dienone is 1. The first kappa shape index (κ1) is 15.5. The zero-order valence-electron chi connectivity index (χ0n) is 9.61. The molecule has 0 nitrogen and oxygen atoms in total. The van der Waals surface area contributed by atoms with E-state index in [1.807, 2.05) is 0 Å². The molecule has 18 heavy (non-hydrogen) atoms. The maximum absolute atomic E-state index is 2.31. The molecule has 3 heteroatoms. The summed E-state index contributed by atoms with van der Waals surface area (Å²) in [5, 5.41) is 0. The number of hydrogen-bond donors (Lipinski definition) is 0. The molecule has 0 fully saturated rings. The normalized spacial score (nSPS) is 16.1. The van der Waals surface area contributed by atoms with Crippen LogP contribution in [0.3, 0.4) is 0 Å². The molecule has 0 amide bonds. The van der Waals surface area contributed by atoms with Crippen molar-refractivity contribution in [2.75, 3.05) is 0 Å². The van der Waals surface area contributed by atoms with Crippen molar-refractivity contribution >= 4 is 11.6 Å². The molecule has 89 valence electrons. The van der Waals surface area contributed by atoms with Gasteiger partial charge in [-0.1, -0.05) is 0 Å². The first-order valence-corrected chi connectivity index (χ1v) is 6.33. The number of fused-ring (bicyclic) bond motifs is 1. The van der Waals surface area contributed by atoms with Gasteiger partial charge in [-0.25, -0.2) is 0 Å².